The molecule has 0 saturated heterocycles. The first kappa shape index (κ1) is 72.9. The molecule has 0 aliphatic heterocycles. The summed E-state index contributed by atoms with van der Waals surface area (Å²) < 4.78 is 30.3. The standard InChI is InChI=1S/C66H117N2O7P/c1-7-10-13-16-19-22-25-28-30-32-33-34-35-37-39-41-44-47-50-53-56-59-66(70)75-64(57-54-51-48-45-42-27-24-21-18-15-12-9-3)63(62-74-76(71,72)73-61-60-68(4,5)6)67-65(69)58-55-52-49-46-43-40-38-36-31-29-26-23-20-17-14-11-8-2/h19-20,22-23,28-31,33-34,38,40,46,49,54,57,63-64H,7-18,21,24-27,32,35-37,39,41-45,47-48,50-53,55-56,58-62H2,1-6H3,(H-,67,69,71,72)/b22-19-,23-20-,30-28-,31-29-,34-33-,40-38-,49-46-,57-54+. The molecule has 438 valence electrons. The van der Waals surface area contributed by atoms with Crippen LogP contribution < -0.4 is 10.2 Å². The first-order chi connectivity index (χ1) is 36.9. The van der Waals surface area contributed by atoms with E-state index >= 15 is 0 Å². The molecule has 0 saturated carbocycles. The lowest BCUT2D eigenvalue weighted by molar-refractivity contribution is -0.870. The number of hydrogen-bond acceptors (Lipinski definition) is 7. The zero-order chi connectivity index (χ0) is 55.7. The number of amides is 1. The van der Waals surface area contributed by atoms with Crippen LogP contribution in [0.15, 0.2) is 97.2 Å². The SMILES string of the molecule is CCCCC/C=C\C/C=C\C/C=C\C/C=C\CCCC(=O)NC(COP(=O)([O-])OCC[N+](C)(C)C)C(/C=C/CCCCCCCCCCCC)OC(=O)CCCCCCCCCC/C=C\C/C=C\C/C=C\CCCCC. The number of nitrogens with one attached hydrogen (secondary N) is 1. The molecule has 10 heteroatoms. The van der Waals surface area contributed by atoms with Gasteiger partial charge < -0.3 is 28.5 Å². The molecule has 0 aromatic rings. The molecule has 3 unspecified atom stereocenters. The summed E-state index contributed by atoms with van der Waals surface area (Å²) in [6, 6.07) is -0.925. The summed E-state index contributed by atoms with van der Waals surface area (Å²) in [6.45, 7) is 6.73. The lowest BCUT2D eigenvalue weighted by Gasteiger charge is -2.30. The van der Waals surface area contributed by atoms with Crippen molar-refractivity contribution in [2.75, 3.05) is 40.9 Å². The topological polar surface area (TPSA) is 114 Å². The minimum absolute atomic E-state index is 0.0379. The Kier molecular flexibility index (Phi) is 53.0. The molecule has 0 aliphatic carbocycles. The van der Waals surface area contributed by atoms with Crippen molar-refractivity contribution < 1.29 is 37.3 Å². The number of nitrogens with zero attached hydrogens (tertiary/aromatic N) is 1. The lowest BCUT2D eigenvalue weighted by atomic mass is 10.0. The van der Waals surface area contributed by atoms with E-state index in [1.807, 2.05) is 33.3 Å². The minimum Gasteiger partial charge on any atom is -0.756 e. The van der Waals surface area contributed by atoms with Gasteiger partial charge in [-0.15, -0.1) is 0 Å². The van der Waals surface area contributed by atoms with E-state index in [9.17, 15) is 19.0 Å². The fourth-order valence-electron chi connectivity index (χ4n) is 8.40. The third-order valence-electron chi connectivity index (χ3n) is 13.2. The monoisotopic (exact) mass is 1080 g/mol. The third-order valence-corrected chi connectivity index (χ3v) is 14.2. The van der Waals surface area contributed by atoms with Crippen LogP contribution in [0.5, 0.6) is 0 Å². The maximum Gasteiger partial charge on any atom is 0.306 e. The number of quaternary nitrogens is 1. The van der Waals surface area contributed by atoms with Gasteiger partial charge in [0.2, 0.25) is 5.91 Å². The molecule has 0 radical (unpaired) electrons. The predicted octanol–water partition coefficient (Wildman–Crippen LogP) is 18.5. The van der Waals surface area contributed by atoms with Gasteiger partial charge in [-0.05, 0) is 109 Å². The zero-order valence-electron chi connectivity index (χ0n) is 49.9. The number of likely N-dealkylation sites (N-methyl/N-ethyl adjacent to an activating group) is 1. The quantitative estimate of drug-likeness (QED) is 0.0212. The number of hydrogen-bond donors (Lipinski definition) is 1. The van der Waals surface area contributed by atoms with E-state index in [0.717, 1.165) is 83.5 Å². The van der Waals surface area contributed by atoms with Gasteiger partial charge in [-0.1, -0.05) is 234 Å². The second-order valence-corrected chi connectivity index (χ2v) is 23.3. The van der Waals surface area contributed by atoms with Crippen LogP contribution in [-0.2, 0) is 27.9 Å². The summed E-state index contributed by atoms with van der Waals surface area (Å²) in [7, 11) is 1.14. The van der Waals surface area contributed by atoms with Crippen molar-refractivity contribution in [1.82, 2.24) is 5.32 Å². The molecule has 3 atom stereocenters. The van der Waals surface area contributed by atoms with Gasteiger partial charge in [0.1, 0.15) is 19.3 Å². The zero-order valence-corrected chi connectivity index (χ0v) is 50.8. The number of unbranched alkanes of at least 4 members (excludes halogenated alkanes) is 25. The third kappa shape index (κ3) is 55.7. The molecule has 0 fully saturated rings. The number of esters is 1. The molecule has 76 heavy (non-hydrogen) atoms. The first-order valence-electron chi connectivity index (χ1n) is 31.0. The molecule has 1 amide bonds. The second-order valence-electron chi connectivity index (χ2n) is 21.8. The van der Waals surface area contributed by atoms with Crippen LogP contribution in [0.1, 0.15) is 258 Å². The molecule has 0 aromatic heterocycles. The van der Waals surface area contributed by atoms with Gasteiger partial charge in [0.15, 0.2) is 0 Å². The van der Waals surface area contributed by atoms with Crippen molar-refractivity contribution in [2.45, 2.75) is 270 Å². The van der Waals surface area contributed by atoms with Crippen molar-refractivity contribution in [3.05, 3.63) is 97.2 Å². The molecular weight excluding hydrogens is 964 g/mol. The van der Waals surface area contributed by atoms with Crippen molar-refractivity contribution in [1.29, 1.82) is 0 Å². The largest absolute Gasteiger partial charge is 0.756 e. The summed E-state index contributed by atoms with van der Waals surface area (Å²) in [5.41, 5.74) is 0. The fourth-order valence-corrected chi connectivity index (χ4v) is 9.13. The van der Waals surface area contributed by atoms with E-state index in [2.05, 4.69) is 111 Å². The highest BCUT2D eigenvalue weighted by Gasteiger charge is 2.27. The minimum atomic E-state index is -4.72. The molecule has 0 heterocycles. The highest BCUT2D eigenvalue weighted by atomic mass is 31.2. The summed E-state index contributed by atoms with van der Waals surface area (Å²) in [5.74, 6) is -0.618. The van der Waals surface area contributed by atoms with Gasteiger partial charge in [-0.25, -0.2) is 0 Å². The van der Waals surface area contributed by atoms with Gasteiger partial charge in [-0.3, -0.25) is 14.2 Å². The number of ether oxygens (including phenoxy) is 1. The maximum absolute atomic E-state index is 13.5. The maximum atomic E-state index is 13.5. The van der Waals surface area contributed by atoms with E-state index in [-0.39, 0.29) is 31.3 Å². The van der Waals surface area contributed by atoms with Crippen LogP contribution in [-0.4, -0.2) is 69.4 Å². The van der Waals surface area contributed by atoms with Gasteiger partial charge in [0, 0.05) is 12.8 Å². The molecule has 1 N–H and O–H groups in total. The van der Waals surface area contributed by atoms with Gasteiger partial charge in [0.25, 0.3) is 7.82 Å². The number of phosphoric acid groups is 1. The van der Waals surface area contributed by atoms with E-state index in [4.69, 9.17) is 13.8 Å². The van der Waals surface area contributed by atoms with E-state index in [1.54, 1.807) is 0 Å². The molecule has 9 nitrogen and oxygen atoms in total. The Morgan fingerprint density at radius 3 is 1.25 bits per heavy atom. The summed E-state index contributed by atoms with van der Waals surface area (Å²) in [6.07, 6.45) is 73.8. The average molecular weight is 1080 g/mol. The Morgan fingerprint density at radius 2 is 0.816 bits per heavy atom. The normalized spacial score (nSPS) is 14.4. The average Bonchev–Trinajstić information content (AvgIpc) is 3.38. The lowest BCUT2D eigenvalue weighted by Crippen LogP contribution is -2.47. The molecule has 0 spiro atoms. The Hall–Kier alpha value is -3.07. The molecule has 0 bridgehead atoms. The Labute approximate surface area is 468 Å². The van der Waals surface area contributed by atoms with Gasteiger partial charge in [-0.2, -0.15) is 0 Å². The number of phosphoric ester groups is 1. The van der Waals surface area contributed by atoms with E-state index in [1.165, 1.54) is 128 Å². The van der Waals surface area contributed by atoms with Crippen LogP contribution in [0, 0.1) is 0 Å². The Balaban J connectivity index is 5.35. The highest BCUT2D eigenvalue weighted by Crippen LogP contribution is 2.38. The van der Waals surface area contributed by atoms with Crippen molar-refractivity contribution in [3.63, 3.8) is 0 Å². The predicted molar refractivity (Wildman–Crippen MR) is 325 cm³/mol. The summed E-state index contributed by atoms with van der Waals surface area (Å²) >= 11 is 0. The molecule has 0 aliphatic rings. The molecular formula is C66H117N2O7P. The van der Waals surface area contributed by atoms with Crippen molar-refractivity contribution in [2.24, 2.45) is 0 Å². The summed E-state index contributed by atoms with van der Waals surface area (Å²) in [5, 5.41) is 2.99. The van der Waals surface area contributed by atoms with Crippen molar-refractivity contribution >= 4 is 19.7 Å². The second kappa shape index (κ2) is 55.3. The van der Waals surface area contributed by atoms with Crippen LogP contribution in [0.3, 0.4) is 0 Å². The Morgan fingerprint density at radius 1 is 0.461 bits per heavy atom. The van der Waals surface area contributed by atoms with Gasteiger partial charge >= 0.3 is 5.97 Å². The number of carbonyl (C=O) groups excluding carboxylic acids is 2. The fraction of sp³-hybridized carbons (Fsp3) is 0.727. The van der Waals surface area contributed by atoms with Crippen LogP contribution in [0.2, 0.25) is 0 Å². The smallest absolute Gasteiger partial charge is 0.306 e. The van der Waals surface area contributed by atoms with Crippen molar-refractivity contribution in [3.8, 4) is 0 Å². The Bertz CT molecular complexity index is 1620. The number of carbonyl (C=O) groups is 2. The van der Waals surface area contributed by atoms with Crippen LogP contribution in [0.25, 0.3) is 0 Å². The summed E-state index contributed by atoms with van der Waals surface area (Å²) in [4.78, 5) is 40.0. The molecule has 0 aromatic carbocycles. The number of rotatable bonds is 55. The first-order valence-corrected chi connectivity index (χ1v) is 32.5. The van der Waals surface area contributed by atoms with Crippen LogP contribution in [0.4, 0.5) is 0 Å². The van der Waals surface area contributed by atoms with E-state index < -0.39 is 26.6 Å². The number of allylic oxidation sites excluding steroid dienone is 15. The van der Waals surface area contributed by atoms with Crippen LogP contribution >= 0.6 is 7.82 Å². The van der Waals surface area contributed by atoms with E-state index in [0.29, 0.717) is 23.9 Å². The highest BCUT2D eigenvalue weighted by molar-refractivity contribution is 7.45. The molecule has 0 rings (SSSR count). The van der Waals surface area contributed by atoms with Gasteiger partial charge in [0.05, 0.1) is 33.8 Å².